The molecule has 0 bridgehead atoms. The maximum Gasteiger partial charge on any atom is 0.341 e. The van der Waals surface area contributed by atoms with E-state index in [1.54, 1.807) is 30.6 Å². The molecule has 0 atom stereocenters. The van der Waals surface area contributed by atoms with Gasteiger partial charge in [-0.2, -0.15) is 0 Å². The van der Waals surface area contributed by atoms with Gasteiger partial charge in [0.15, 0.2) is 16.6 Å². The van der Waals surface area contributed by atoms with E-state index in [2.05, 4.69) is 20.4 Å². The molecule has 32 heavy (non-hydrogen) atoms. The van der Waals surface area contributed by atoms with Crippen molar-refractivity contribution < 1.29 is 19.2 Å². The van der Waals surface area contributed by atoms with Gasteiger partial charge in [0, 0.05) is 36.9 Å². The lowest BCUT2D eigenvalue weighted by Gasteiger charge is -2.39. The summed E-state index contributed by atoms with van der Waals surface area (Å²) in [5, 5.41) is 18.3. The molecule has 0 aliphatic carbocycles. The first kappa shape index (κ1) is 19.9. The molecule has 1 saturated heterocycles. The Labute approximate surface area is 183 Å². The lowest BCUT2D eigenvalue weighted by molar-refractivity contribution is -0.120. The quantitative estimate of drug-likeness (QED) is 0.464. The number of carboxylic acids is 1. The van der Waals surface area contributed by atoms with E-state index in [9.17, 15) is 19.5 Å². The number of anilines is 2. The fraction of sp³-hybridized carbons (Fsp3) is 0.200. The molecule has 12 heteroatoms. The molecule has 0 unspecified atom stereocenters. The summed E-state index contributed by atoms with van der Waals surface area (Å²) in [5.41, 5.74) is -0.0245. The highest BCUT2D eigenvalue weighted by atomic mass is 32.1. The van der Waals surface area contributed by atoms with Crippen LogP contribution in [0.4, 0.5) is 11.6 Å². The fourth-order valence-electron chi connectivity index (χ4n) is 3.61. The summed E-state index contributed by atoms with van der Waals surface area (Å²) in [6.07, 6.45) is 4.23. The molecule has 0 radical (unpaired) electrons. The number of aromatic carboxylic acids is 1. The lowest BCUT2D eigenvalue weighted by atomic mass is 9.98. The van der Waals surface area contributed by atoms with E-state index in [4.69, 9.17) is 4.52 Å². The van der Waals surface area contributed by atoms with Crippen molar-refractivity contribution >= 4 is 45.9 Å². The number of hydrogen-bond acceptors (Lipinski definition) is 9. The van der Waals surface area contributed by atoms with Gasteiger partial charge in [0.25, 0.3) is 0 Å². The van der Waals surface area contributed by atoms with Gasteiger partial charge >= 0.3 is 5.97 Å². The van der Waals surface area contributed by atoms with Crippen molar-refractivity contribution in [1.82, 2.24) is 19.7 Å². The highest BCUT2D eigenvalue weighted by Gasteiger charge is 2.34. The number of carbonyl (C=O) groups excluding carboxylic acids is 1. The standard InChI is InChI=1S/C20H16N6O5S/c1-10-6-14(25-7-11(8-25)18(28)22-13-2-4-31-24-13)23-17-15(10)16(27)12(19(29)30)9-26(17)20-21-3-5-32-20/h2-6,9,11H,7-8H2,1H3,(H,29,30)(H,22,24,28). The van der Waals surface area contributed by atoms with Crippen molar-refractivity contribution in [3.05, 3.63) is 57.5 Å². The number of nitrogens with one attached hydrogen (secondary N) is 1. The summed E-state index contributed by atoms with van der Waals surface area (Å²) in [6, 6.07) is 3.29. The second-order valence-corrected chi connectivity index (χ2v) is 8.21. The first-order valence-electron chi connectivity index (χ1n) is 9.58. The maximum absolute atomic E-state index is 12.8. The topological polar surface area (TPSA) is 143 Å². The van der Waals surface area contributed by atoms with E-state index < -0.39 is 11.4 Å². The van der Waals surface area contributed by atoms with E-state index in [-0.39, 0.29) is 22.8 Å². The monoisotopic (exact) mass is 452 g/mol. The SMILES string of the molecule is Cc1cc(N2CC(C(=O)Nc3ccon3)C2)nc2c1c(=O)c(C(=O)O)cn2-c1nccs1. The molecular weight excluding hydrogens is 436 g/mol. The van der Waals surface area contributed by atoms with Crippen LogP contribution in [0.25, 0.3) is 16.2 Å². The number of hydrogen-bond donors (Lipinski definition) is 2. The molecule has 0 saturated carbocycles. The Hall–Kier alpha value is -4.06. The Morgan fingerprint density at radius 1 is 1.34 bits per heavy atom. The summed E-state index contributed by atoms with van der Waals surface area (Å²) in [6.45, 7) is 2.62. The largest absolute Gasteiger partial charge is 0.477 e. The van der Waals surface area contributed by atoms with Gasteiger partial charge in [-0.1, -0.05) is 5.16 Å². The number of aromatic nitrogens is 4. The number of rotatable bonds is 5. The Bertz CT molecular complexity index is 1390. The average molecular weight is 452 g/mol. The summed E-state index contributed by atoms with van der Waals surface area (Å²) in [7, 11) is 0. The number of carbonyl (C=O) groups is 2. The van der Waals surface area contributed by atoms with Gasteiger partial charge in [-0.25, -0.2) is 14.8 Å². The van der Waals surface area contributed by atoms with Crippen LogP contribution in [-0.2, 0) is 4.79 Å². The van der Waals surface area contributed by atoms with E-state index in [1.807, 2.05) is 4.90 Å². The first-order valence-corrected chi connectivity index (χ1v) is 10.5. The van der Waals surface area contributed by atoms with Crippen LogP contribution in [0.15, 0.2) is 45.5 Å². The zero-order valence-corrected chi connectivity index (χ0v) is 17.5. The fourth-order valence-corrected chi connectivity index (χ4v) is 4.23. The summed E-state index contributed by atoms with van der Waals surface area (Å²) in [4.78, 5) is 47.6. The third-order valence-electron chi connectivity index (χ3n) is 5.26. The molecule has 1 aliphatic rings. The van der Waals surface area contributed by atoms with Crippen LogP contribution in [-0.4, -0.2) is 49.8 Å². The summed E-state index contributed by atoms with van der Waals surface area (Å²) < 4.78 is 6.24. The number of thiazole rings is 1. The van der Waals surface area contributed by atoms with Crippen molar-refractivity contribution in [2.45, 2.75) is 6.92 Å². The van der Waals surface area contributed by atoms with Crippen molar-refractivity contribution in [2.24, 2.45) is 5.92 Å². The van der Waals surface area contributed by atoms with Gasteiger partial charge in [0.2, 0.25) is 11.3 Å². The van der Waals surface area contributed by atoms with Crippen molar-refractivity contribution in [1.29, 1.82) is 0 Å². The minimum absolute atomic E-state index is 0.168. The molecule has 5 heterocycles. The Morgan fingerprint density at radius 3 is 2.81 bits per heavy atom. The van der Waals surface area contributed by atoms with E-state index in [1.165, 1.54) is 28.4 Å². The van der Waals surface area contributed by atoms with Crippen molar-refractivity contribution in [3.63, 3.8) is 0 Å². The Morgan fingerprint density at radius 2 is 2.16 bits per heavy atom. The van der Waals surface area contributed by atoms with Gasteiger partial charge in [0.1, 0.15) is 17.6 Å². The van der Waals surface area contributed by atoms with Crippen LogP contribution in [0, 0.1) is 12.8 Å². The molecule has 5 rings (SSSR count). The summed E-state index contributed by atoms with van der Waals surface area (Å²) >= 11 is 1.30. The van der Waals surface area contributed by atoms with Gasteiger partial charge in [-0.15, -0.1) is 11.3 Å². The molecule has 0 aromatic carbocycles. The molecule has 4 aromatic heterocycles. The van der Waals surface area contributed by atoms with Gasteiger partial charge in [0.05, 0.1) is 11.3 Å². The van der Waals surface area contributed by atoms with Crippen LogP contribution in [0.5, 0.6) is 0 Å². The number of amides is 1. The Kier molecular flexibility index (Phi) is 4.70. The average Bonchev–Trinajstić information content (AvgIpc) is 3.40. The zero-order valence-electron chi connectivity index (χ0n) is 16.7. The van der Waals surface area contributed by atoms with Crippen molar-refractivity contribution in [2.75, 3.05) is 23.3 Å². The Balaban J connectivity index is 1.50. The highest BCUT2D eigenvalue weighted by molar-refractivity contribution is 7.12. The van der Waals surface area contributed by atoms with Crippen LogP contribution >= 0.6 is 11.3 Å². The number of carboxylic acid groups (broad SMARTS) is 1. The van der Waals surface area contributed by atoms with Gasteiger partial charge in [-0.05, 0) is 18.6 Å². The van der Waals surface area contributed by atoms with Gasteiger partial charge in [-0.3, -0.25) is 14.2 Å². The number of pyridine rings is 2. The second kappa shape index (κ2) is 7.57. The predicted octanol–water partition coefficient (Wildman–Crippen LogP) is 1.91. The molecular formula is C20H16N6O5S. The van der Waals surface area contributed by atoms with E-state index in [0.717, 1.165) is 0 Å². The zero-order chi connectivity index (χ0) is 22.4. The smallest absolute Gasteiger partial charge is 0.341 e. The molecule has 1 fully saturated rings. The minimum atomic E-state index is -1.31. The maximum atomic E-state index is 12.8. The molecule has 1 amide bonds. The third-order valence-corrected chi connectivity index (χ3v) is 6.03. The highest BCUT2D eigenvalue weighted by Crippen LogP contribution is 2.28. The normalized spacial score (nSPS) is 13.8. The van der Waals surface area contributed by atoms with Crippen LogP contribution in [0.3, 0.4) is 0 Å². The minimum Gasteiger partial charge on any atom is -0.477 e. The van der Waals surface area contributed by atoms with E-state index >= 15 is 0 Å². The molecule has 11 nitrogen and oxygen atoms in total. The summed E-state index contributed by atoms with van der Waals surface area (Å²) in [5.74, 6) is -0.781. The molecule has 162 valence electrons. The molecule has 0 spiro atoms. The predicted molar refractivity (Wildman–Crippen MR) is 116 cm³/mol. The number of aryl methyl sites for hydroxylation is 1. The lowest BCUT2D eigenvalue weighted by Crippen LogP contribution is -2.52. The van der Waals surface area contributed by atoms with Crippen LogP contribution in [0.1, 0.15) is 15.9 Å². The van der Waals surface area contributed by atoms with Gasteiger partial charge < -0.3 is 19.8 Å². The molecule has 2 N–H and O–H groups in total. The van der Waals surface area contributed by atoms with E-state index in [0.29, 0.717) is 41.1 Å². The molecule has 4 aromatic rings. The first-order chi connectivity index (χ1) is 15.4. The number of nitrogens with zero attached hydrogens (tertiary/aromatic N) is 5. The number of fused-ring (bicyclic) bond motifs is 1. The van der Waals surface area contributed by atoms with Crippen LogP contribution < -0.4 is 15.6 Å². The molecule has 1 aliphatic heterocycles. The third kappa shape index (κ3) is 3.30. The van der Waals surface area contributed by atoms with Crippen LogP contribution in [0.2, 0.25) is 0 Å². The second-order valence-electron chi connectivity index (χ2n) is 7.33. The van der Waals surface area contributed by atoms with Crippen molar-refractivity contribution in [3.8, 4) is 5.13 Å².